The fraction of sp³-hybridized carbons (Fsp3) is 0.174. The fourth-order valence-corrected chi connectivity index (χ4v) is 4.73. The van der Waals surface area contributed by atoms with Crippen molar-refractivity contribution in [3.63, 3.8) is 0 Å². The van der Waals surface area contributed by atoms with Gasteiger partial charge in [0.25, 0.3) is 15.7 Å². The molecule has 1 N–H and O–H groups in total. The van der Waals surface area contributed by atoms with Crippen LogP contribution >= 0.6 is 0 Å². The van der Waals surface area contributed by atoms with E-state index in [4.69, 9.17) is 4.74 Å². The summed E-state index contributed by atoms with van der Waals surface area (Å²) in [5.41, 5.74) is 1.68. The van der Waals surface area contributed by atoms with E-state index in [-0.39, 0.29) is 22.0 Å². The van der Waals surface area contributed by atoms with Crippen LogP contribution in [0.5, 0.6) is 5.75 Å². The van der Waals surface area contributed by atoms with Crippen molar-refractivity contribution in [1.82, 2.24) is 0 Å². The highest BCUT2D eigenvalue weighted by molar-refractivity contribution is 7.92. The smallest absolute Gasteiger partial charge is 0.271 e. The number of carbonyl (C=O) groups excluding carboxylic acids is 1. The highest BCUT2D eigenvalue weighted by Crippen LogP contribution is 2.30. The van der Waals surface area contributed by atoms with Crippen molar-refractivity contribution in [3.05, 3.63) is 88.0 Å². The Labute approximate surface area is 191 Å². The Morgan fingerprint density at radius 3 is 2.39 bits per heavy atom. The Bertz CT molecular complexity index is 1290. The van der Waals surface area contributed by atoms with E-state index in [1.165, 1.54) is 31.4 Å². The van der Waals surface area contributed by atoms with Crippen molar-refractivity contribution < 1.29 is 22.9 Å². The lowest BCUT2D eigenvalue weighted by Crippen LogP contribution is -2.38. The van der Waals surface area contributed by atoms with Gasteiger partial charge in [0.1, 0.15) is 12.3 Å². The molecule has 1 amide bonds. The quantitative estimate of drug-likeness (QED) is 0.393. The number of rotatable bonds is 8. The van der Waals surface area contributed by atoms with Crippen LogP contribution in [-0.4, -0.2) is 32.9 Å². The highest BCUT2D eigenvalue weighted by Gasteiger charge is 2.28. The molecule has 0 unspecified atom stereocenters. The molecule has 0 aromatic heterocycles. The lowest BCUT2D eigenvalue weighted by atomic mass is 10.1. The number of carbonyl (C=O) groups is 1. The molecule has 0 saturated heterocycles. The number of methoxy groups -OCH3 is 1. The fourth-order valence-electron chi connectivity index (χ4n) is 3.23. The van der Waals surface area contributed by atoms with Crippen molar-refractivity contribution in [2.24, 2.45) is 0 Å². The van der Waals surface area contributed by atoms with Gasteiger partial charge < -0.3 is 10.1 Å². The first-order valence-electron chi connectivity index (χ1n) is 9.91. The molecule has 0 aliphatic carbocycles. The van der Waals surface area contributed by atoms with E-state index in [1.54, 1.807) is 37.3 Å². The first kappa shape index (κ1) is 23.7. The van der Waals surface area contributed by atoms with Crippen LogP contribution < -0.4 is 14.4 Å². The average molecular weight is 470 g/mol. The first-order valence-corrected chi connectivity index (χ1v) is 11.3. The topological polar surface area (TPSA) is 119 Å². The molecule has 10 heteroatoms. The minimum atomic E-state index is -4.08. The average Bonchev–Trinajstić information content (AvgIpc) is 2.79. The number of nitro benzene ring substituents is 1. The van der Waals surface area contributed by atoms with Crippen molar-refractivity contribution in [1.29, 1.82) is 0 Å². The maximum Gasteiger partial charge on any atom is 0.271 e. The van der Waals surface area contributed by atoms with Gasteiger partial charge in [0.05, 0.1) is 28.3 Å². The number of benzene rings is 3. The number of nitro groups is 1. The van der Waals surface area contributed by atoms with Crippen molar-refractivity contribution in [2.45, 2.75) is 18.7 Å². The third-order valence-corrected chi connectivity index (χ3v) is 6.69. The van der Waals surface area contributed by atoms with Crippen LogP contribution in [0.4, 0.5) is 17.1 Å². The van der Waals surface area contributed by atoms with E-state index < -0.39 is 27.4 Å². The molecule has 0 heterocycles. The zero-order valence-corrected chi connectivity index (χ0v) is 19.1. The summed E-state index contributed by atoms with van der Waals surface area (Å²) in [5.74, 6) is -0.479. The Morgan fingerprint density at radius 2 is 1.76 bits per heavy atom. The van der Waals surface area contributed by atoms with Crippen LogP contribution in [0.1, 0.15) is 11.1 Å². The number of hydrogen-bond donors (Lipinski definition) is 1. The maximum absolute atomic E-state index is 13.5. The molecule has 3 aromatic rings. The van der Waals surface area contributed by atoms with Crippen LogP contribution in [0.2, 0.25) is 0 Å². The molecule has 9 nitrogen and oxygen atoms in total. The number of nitrogens with one attached hydrogen (secondary N) is 1. The third-order valence-electron chi connectivity index (χ3n) is 4.92. The monoisotopic (exact) mass is 469 g/mol. The summed E-state index contributed by atoms with van der Waals surface area (Å²) >= 11 is 0. The van der Waals surface area contributed by atoms with Crippen LogP contribution in [-0.2, 0) is 14.8 Å². The molecule has 0 aliphatic rings. The molecule has 3 rings (SSSR count). The molecule has 0 bridgehead atoms. The minimum absolute atomic E-state index is 0.0339. The van der Waals surface area contributed by atoms with Gasteiger partial charge in [-0.25, -0.2) is 8.42 Å². The van der Waals surface area contributed by atoms with Crippen LogP contribution in [0.3, 0.4) is 0 Å². The number of aryl methyl sites for hydroxylation is 2. The van der Waals surface area contributed by atoms with Crippen LogP contribution in [0, 0.1) is 24.0 Å². The van der Waals surface area contributed by atoms with Gasteiger partial charge in [-0.1, -0.05) is 30.3 Å². The number of anilines is 2. The third kappa shape index (κ3) is 5.29. The molecule has 0 spiro atoms. The number of non-ortho nitro benzene ring substituents is 1. The molecule has 0 fully saturated rings. The molecule has 0 aliphatic heterocycles. The van der Waals surface area contributed by atoms with Gasteiger partial charge in [-0.05, 0) is 49.2 Å². The van der Waals surface area contributed by atoms with Gasteiger partial charge in [0.15, 0.2) is 0 Å². The maximum atomic E-state index is 13.5. The second-order valence-electron chi connectivity index (χ2n) is 7.30. The summed E-state index contributed by atoms with van der Waals surface area (Å²) in [4.78, 5) is 23.5. The Balaban J connectivity index is 2.01. The van der Waals surface area contributed by atoms with Gasteiger partial charge >= 0.3 is 0 Å². The summed E-state index contributed by atoms with van der Waals surface area (Å²) in [5, 5.41) is 13.7. The largest absolute Gasteiger partial charge is 0.495 e. The number of sulfonamides is 1. The summed E-state index contributed by atoms with van der Waals surface area (Å²) in [6.45, 7) is 3.03. The number of nitrogens with zero attached hydrogens (tertiary/aromatic N) is 2. The van der Waals surface area contributed by atoms with Gasteiger partial charge in [0, 0.05) is 12.1 Å². The summed E-state index contributed by atoms with van der Waals surface area (Å²) in [6.07, 6.45) is 0. The Hall–Kier alpha value is -3.92. The molecule has 0 atom stereocenters. The highest BCUT2D eigenvalue weighted by atomic mass is 32.2. The molecule has 33 heavy (non-hydrogen) atoms. The summed E-state index contributed by atoms with van der Waals surface area (Å²) in [7, 11) is -2.72. The van der Waals surface area contributed by atoms with Crippen LogP contribution in [0.15, 0.2) is 71.6 Å². The molecule has 0 saturated carbocycles. The van der Waals surface area contributed by atoms with E-state index in [0.29, 0.717) is 11.3 Å². The lowest BCUT2D eigenvalue weighted by molar-refractivity contribution is -0.384. The van der Waals surface area contributed by atoms with Crippen LogP contribution in [0.25, 0.3) is 0 Å². The van der Waals surface area contributed by atoms with Gasteiger partial charge in [0.2, 0.25) is 5.91 Å². The second kappa shape index (κ2) is 9.70. The van der Waals surface area contributed by atoms with E-state index in [0.717, 1.165) is 15.9 Å². The Kier molecular flexibility index (Phi) is 6.98. The lowest BCUT2D eigenvalue weighted by Gasteiger charge is -2.26. The predicted molar refractivity (Wildman–Crippen MR) is 125 cm³/mol. The van der Waals surface area contributed by atoms with E-state index >= 15 is 0 Å². The zero-order chi connectivity index (χ0) is 24.2. The molecular weight excluding hydrogens is 446 g/mol. The molecule has 172 valence electrons. The Morgan fingerprint density at radius 1 is 1.06 bits per heavy atom. The van der Waals surface area contributed by atoms with Crippen molar-refractivity contribution >= 4 is 33.0 Å². The minimum Gasteiger partial charge on any atom is -0.495 e. The summed E-state index contributed by atoms with van der Waals surface area (Å²) < 4.78 is 33.2. The second-order valence-corrected chi connectivity index (χ2v) is 9.17. The number of hydrogen-bond acceptors (Lipinski definition) is 6. The van der Waals surface area contributed by atoms with E-state index in [1.807, 2.05) is 13.0 Å². The first-order chi connectivity index (χ1) is 15.6. The zero-order valence-electron chi connectivity index (χ0n) is 18.3. The van der Waals surface area contributed by atoms with E-state index in [9.17, 15) is 23.3 Å². The van der Waals surface area contributed by atoms with Gasteiger partial charge in [-0.2, -0.15) is 0 Å². The van der Waals surface area contributed by atoms with Crippen molar-refractivity contribution in [3.8, 4) is 5.75 Å². The van der Waals surface area contributed by atoms with Gasteiger partial charge in [-0.3, -0.25) is 19.2 Å². The SMILES string of the molecule is COc1ccc([N+](=O)[O-])cc1NC(=O)CN(c1cc(C)ccc1C)S(=O)(=O)c1ccccc1. The van der Waals surface area contributed by atoms with Crippen molar-refractivity contribution in [2.75, 3.05) is 23.3 Å². The molecular formula is C23H23N3O6S. The standard InChI is InChI=1S/C23H23N3O6S/c1-16-9-10-17(2)21(13-16)25(33(30,31)19-7-5-4-6-8-19)15-23(27)24-20-14-18(26(28)29)11-12-22(20)32-3/h4-14H,15H2,1-3H3,(H,24,27). The normalized spacial score (nSPS) is 11.0. The van der Waals surface area contributed by atoms with E-state index in [2.05, 4.69) is 5.32 Å². The number of amides is 1. The predicted octanol–water partition coefficient (Wildman–Crippen LogP) is 4.05. The molecule has 0 radical (unpaired) electrons. The summed E-state index contributed by atoms with van der Waals surface area (Å²) in [6, 6.07) is 16.9. The number of ether oxygens (including phenoxy) is 1. The molecule has 3 aromatic carbocycles. The van der Waals surface area contributed by atoms with Gasteiger partial charge in [-0.15, -0.1) is 0 Å².